The van der Waals surface area contributed by atoms with Gasteiger partial charge in [-0.3, -0.25) is 0 Å². The number of aryl methyl sites for hydroxylation is 1. The van der Waals surface area contributed by atoms with Crippen LogP contribution in [0.5, 0.6) is 11.5 Å². The standard InChI is InChI=1S/C24H19BrClNO2/c1-16-7-9-18(10-8-16)20(14-27)11-17-12-21(25)24(23(13-17)28-2)29-15-19-5-3-4-6-22(19)26/h3-13H,15H2,1-2H3/b20-11+. The third-order valence-corrected chi connectivity index (χ3v) is 5.33. The first-order valence-corrected chi connectivity index (χ1v) is 10.1. The number of methoxy groups -OCH3 is 1. The van der Waals surface area contributed by atoms with Gasteiger partial charge in [0.25, 0.3) is 0 Å². The van der Waals surface area contributed by atoms with Gasteiger partial charge in [0, 0.05) is 10.6 Å². The van der Waals surface area contributed by atoms with Crippen molar-refractivity contribution < 1.29 is 9.47 Å². The summed E-state index contributed by atoms with van der Waals surface area (Å²) in [5.74, 6) is 1.15. The van der Waals surface area contributed by atoms with Crippen LogP contribution in [-0.4, -0.2) is 7.11 Å². The van der Waals surface area contributed by atoms with E-state index in [1.54, 1.807) is 7.11 Å². The molecule has 0 aliphatic rings. The van der Waals surface area contributed by atoms with Gasteiger partial charge in [-0.05, 0) is 58.3 Å². The highest BCUT2D eigenvalue weighted by atomic mass is 79.9. The number of rotatable bonds is 6. The number of halogens is 2. The van der Waals surface area contributed by atoms with Crippen molar-refractivity contribution in [1.82, 2.24) is 0 Å². The van der Waals surface area contributed by atoms with Gasteiger partial charge in [-0.15, -0.1) is 0 Å². The minimum atomic E-state index is 0.316. The van der Waals surface area contributed by atoms with E-state index in [4.69, 9.17) is 21.1 Å². The Morgan fingerprint density at radius 3 is 2.52 bits per heavy atom. The topological polar surface area (TPSA) is 42.2 Å². The van der Waals surface area contributed by atoms with E-state index in [2.05, 4.69) is 22.0 Å². The minimum absolute atomic E-state index is 0.316. The van der Waals surface area contributed by atoms with Crippen molar-refractivity contribution in [3.8, 4) is 17.6 Å². The van der Waals surface area contributed by atoms with E-state index in [9.17, 15) is 5.26 Å². The highest BCUT2D eigenvalue weighted by Crippen LogP contribution is 2.38. The summed E-state index contributed by atoms with van der Waals surface area (Å²) in [7, 11) is 1.59. The van der Waals surface area contributed by atoms with Crippen LogP contribution in [0.15, 0.2) is 65.1 Å². The largest absolute Gasteiger partial charge is 0.493 e. The maximum Gasteiger partial charge on any atom is 0.175 e. The Morgan fingerprint density at radius 2 is 1.86 bits per heavy atom. The molecule has 0 radical (unpaired) electrons. The van der Waals surface area contributed by atoms with Crippen LogP contribution < -0.4 is 9.47 Å². The molecule has 146 valence electrons. The summed E-state index contributed by atoms with van der Waals surface area (Å²) in [6, 6.07) is 21.4. The lowest BCUT2D eigenvalue weighted by Crippen LogP contribution is -1.99. The molecule has 0 bridgehead atoms. The Kier molecular flexibility index (Phi) is 6.98. The van der Waals surface area contributed by atoms with Crippen LogP contribution in [0.2, 0.25) is 5.02 Å². The van der Waals surface area contributed by atoms with E-state index < -0.39 is 0 Å². The first-order valence-electron chi connectivity index (χ1n) is 8.94. The number of allylic oxidation sites excluding steroid dienone is 1. The van der Waals surface area contributed by atoms with E-state index in [1.807, 2.05) is 73.7 Å². The summed E-state index contributed by atoms with van der Waals surface area (Å²) < 4.78 is 12.2. The van der Waals surface area contributed by atoms with Crippen LogP contribution in [0.3, 0.4) is 0 Å². The molecule has 0 aromatic heterocycles. The van der Waals surface area contributed by atoms with Gasteiger partial charge in [-0.1, -0.05) is 59.6 Å². The fourth-order valence-electron chi connectivity index (χ4n) is 2.81. The Balaban J connectivity index is 1.90. The molecule has 3 rings (SSSR count). The minimum Gasteiger partial charge on any atom is -0.493 e. The summed E-state index contributed by atoms with van der Waals surface area (Å²) >= 11 is 9.77. The molecule has 0 aliphatic carbocycles. The summed E-state index contributed by atoms with van der Waals surface area (Å²) in [6.07, 6.45) is 1.83. The van der Waals surface area contributed by atoms with Crippen LogP contribution in [0.1, 0.15) is 22.3 Å². The summed E-state index contributed by atoms with van der Waals surface area (Å²) in [5.41, 5.74) is 4.31. The van der Waals surface area contributed by atoms with Crippen molar-refractivity contribution in [1.29, 1.82) is 5.26 Å². The van der Waals surface area contributed by atoms with E-state index in [1.165, 1.54) is 0 Å². The molecule has 0 aliphatic heterocycles. The lowest BCUT2D eigenvalue weighted by Gasteiger charge is -2.14. The zero-order chi connectivity index (χ0) is 20.8. The van der Waals surface area contributed by atoms with Gasteiger partial charge in [0.1, 0.15) is 6.61 Å². The molecule has 0 saturated carbocycles. The number of hydrogen-bond acceptors (Lipinski definition) is 3. The summed E-state index contributed by atoms with van der Waals surface area (Å²) in [6.45, 7) is 2.33. The third kappa shape index (κ3) is 5.20. The third-order valence-electron chi connectivity index (χ3n) is 4.38. The first kappa shape index (κ1) is 21.0. The van der Waals surface area contributed by atoms with Gasteiger partial charge in [-0.2, -0.15) is 5.26 Å². The lowest BCUT2D eigenvalue weighted by molar-refractivity contribution is 0.282. The molecular weight excluding hydrogens is 450 g/mol. The van der Waals surface area contributed by atoms with E-state index in [0.717, 1.165) is 26.7 Å². The van der Waals surface area contributed by atoms with Crippen molar-refractivity contribution in [2.45, 2.75) is 13.5 Å². The van der Waals surface area contributed by atoms with E-state index >= 15 is 0 Å². The molecule has 0 spiro atoms. The van der Waals surface area contributed by atoms with Crippen molar-refractivity contribution >= 4 is 39.2 Å². The second kappa shape index (κ2) is 9.65. The molecule has 0 amide bonds. The molecule has 0 heterocycles. The highest BCUT2D eigenvalue weighted by molar-refractivity contribution is 9.10. The number of benzene rings is 3. The monoisotopic (exact) mass is 467 g/mol. The first-order chi connectivity index (χ1) is 14.0. The zero-order valence-electron chi connectivity index (χ0n) is 16.1. The zero-order valence-corrected chi connectivity index (χ0v) is 18.4. The Morgan fingerprint density at radius 1 is 1.14 bits per heavy atom. The molecule has 0 unspecified atom stereocenters. The van der Waals surface area contributed by atoms with Gasteiger partial charge in [0.15, 0.2) is 11.5 Å². The van der Waals surface area contributed by atoms with Crippen molar-refractivity contribution in [2.24, 2.45) is 0 Å². The van der Waals surface area contributed by atoms with Crippen LogP contribution in [-0.2, 0) is 6.61 Å². The Bertz CT molecular complexity index is 1090. The number of ether oxygens (including phenoxy) is 2. The quantitative estimate of drug-likeness (QED) is 0.287. The second-order valence-electron chi connectivity index (χ2n) is 6.45. The van der Waals surface area contributed by atoms with Crippen LogP contribution in [0, 0.1) is 18.3 Å². The SMILES string of the molecule is COc1cc(/C=C(\C#N)c2ccc(C)cc2)cc(Br)c1OCc1ccccc1Cl. The Hall–Kier alpha value is -2.74. The highest BCUT2D eigenvalue weighted by Gasteiger charge is 2.13. The van der Waals surface area contributed by atoms with E-state index in [-0.39, 0.29) is 0 Å². The number of hydrogen-bond donors (Lipinski definition) is 0. The van der Waals surface area contributed by atoms with Crippen molar-refractivity contribution in [2.75, 3.05) is 7.11 Å². The van der Waals surface area contributed by atoms with E-state index in [0.29, 0.717) is 28.7 Å². The average Bonchev–Trinajstić information content (AvgIpc) is 2.72. The van der Waals surface area contributed by atoms with Crippen LogP contribution in [0.25, 0.3) is 11.6 Å². The molecule has 3 aromatic carbocycles. The average molecular weight is 469 g/mol. The van der Waals surface area contributed by atoms with Gasteiger partial charge in [0.2, 0.25) is 0 Å². The molecule has 0 saturated heterocycles. The molecule has 3 nitrogen and oxygen atoms in total. The molecule has 0 atom stereocenters. The van der Waals surface area contributed by atoms with Crippen molar-refractivity contribution in [3.63, 3.8) is 0 Å². The van der Waals surface area contributed by atoms with Gasteiger partial charge in [0.05, 0.1) is 23.2 Å². The Labute approximate surface area is 184 Å². The van der Waals surface area contributed by atoms with Gasteiger partial charge in [-0.25, -0.2) is 0 Å². The number of nitrogens with zero attached hydrogens (tertiary/aromatic N) is 1. The molecule has 3 aromatic rings. The fraction of sp³-hybridized carbons (Fsp3) is 0.125. The summed E-state index contributed by atoms with van der Waals surface area (Å²) in [4.78, 5) is 0. The number of nitriles is 1. The molecular formula is C24H19BrClNO2. The smallest absolute Gasteiger partial charge is 0.175 e. The van der Waals surface area contributed by atoms with Crippen molar-refractivity contribution in [3.05, 3.63) is 92.4 Å². The maximum absolute atomic E-state index is 9.60. The summed E-state index contributed by atoms with van der Waals surface area (Å²) in [5, 5.41) is 10.3. The second-order valence-corrected chi connectivity index (χ2v) is 7.71. The van der Waals surface area contributed by atoms with Crippen LogP contribution >= 0.6 is 27.5 Å². The maximum atomic E-state index is 9.60. The van der Waals surface area contributed by atoms with Crippen LogP contribution in [0.4, 0.5) is 0 Å². The predicted molar refractivity (Wildman–Crippen MR) is 121 cm³/mol. The van der Waals surface area contributed by atoms with Gasteiger partial charge < -0.3 is 9.47 Å². The molecule has 29 heavy (non-hydrogen) atoms. The fourth-order valence-corrected chi connectivity index (χ4v) is 3.57. The molecule has 5 heteroatoms. The normalized spacial score (nSPS) is 11.1. The predicted octanol–water partition coefficient (Wildman–Crippen LogP) is 7.06. The molecule has 0 fully saturated rings. The lowest BCUT2D eigenvalue weighted by atomic mass is 10.0. The van der Waals surface area contributed by atoms with Gasteiger partial charge >= 0.3 is 0 Å². The molecule has 0 N–H and O–H groups in total.